The van der Waals surface area contributed by atoms with Crippen molar-refractivity contribution in [3.63, 3.8) is 0 Å². The molecular weight excluding hydrogens is 340 g/mol. The molecule has 0 heterocycles. The van der Waals surface area contributed by atoms with E-state index in [4.69, 9.17) is 14.6 Å². The summed E-state index contributed by atoms with van der Waals surface area (Å²) in [6.07, 6.45) is -0.0725. The fourth-order valence-corrected chi connectivity index (χ4v) is 1.30. The molecule has 140 valence electrons. The Bertz CT molecular complexity index is 497. The van der Waals surface area contributed by atoms with Crippen LogP contribution in [0.4, 0.5) is 0 Å². The van der Waals surface area contributed by atoms with E-state index in [0.717, 1.165) is 6.08 Å². The van der Waals surface area contributed by atoms with Crippen molar-refractivity contribution in [1.29, 1.82) is 0 Å². The van der Waals surface area contributed by atoms with Crippen molar-refractivity contribution < 1.29 is 48.0 Å². The zero-order valence-corrected chi connectivity index (χ0v) is 13.6. The largest absolute Gasteiger partial charge is 0.481 e. The predicted molar refractivity (Wildman–Crippen MR) is 80.1 cm³/mol. The average molecular weight is 360 g/mol. The van der Waals surface area contributed by atoms with Gasteiger partial charge in [-0.3, -0.25) is 19.2 Å². The minimum Gasteiger partial charge on any atom is -0.481 e. The summed E-state index contributed by atoms with van der Waals surface area (Å²) in [6.45, 7) is 2.53. The van der Waals surface area contributed by atoms with Crippen LogP contribution >= 0.6 is 0 Å². The highest BCUT2D eigenvalue weighted by Crippen LogP contribution is 1.97. The van der Waals surface area contributed by atoms with E-state index in [0.29, 0.717) is 0 Å². The van der Waals surface area contributed by atoms with Crippen LogP contribution in [0, 0.1) is 0 Å². The van der Waals surface area contributed by atoms with E-state index in [1.165, 1.54) is 0 Å². The molecule has 0 aromatic carbocycles. The molecule has 0 atom stereocenters. The van der Waals surface area contributed by atoms with Crippen LogP contribution < -0.4 is 0 Å². The Balaban J connectivity index is 3.61. The minimum absolute atomic E-state index is 0.117. The van der Waals surface area contributed by atoms with E-state index < -0.39 is 29.8 Å². The van der Waals surface area contributed by atoms with Crippen molar-refractivity contribution in [3.05, 3.63) is 12.7 Å². The fraction of sp³-hybridized carbons (Fsp3) is 0.533. The molecule has 25 heavy (non-hydrogen) atoms. The molecule has 0 unspecified atom stereocenters. The number of carbonyl (C=O) groups is 5. The molecule has 0 rings (SSSR count). The van der Waals surface area contributed by atoms with Gasteiger partial charge in [0.05, 0.1) is 25.7 Å². The number of esters is 4. The summed E-state index contributed by atoms with van der Waals surface area (Å²) < 4.78 is 18.7. The van der Waals surface area contributed by atoms with Gasteiger partial charge in [0.15, 0.2) is 0 Å². The highest BCUT2D eigenvalue weighted by molar-refractivity contribution is 5.81. The Kier molecular flexibility index (Phi) is 11.9. The molecule has 0 spiro atoms. The van der Waals surface area contributed by atoms with E-state index in [1.54, 1.807) is 0 Å². The molecule has 1 N–H and O–H groups in total. The molecule has 0 saturated heterocycles. The van der Waals surface area contributed by atoms with Crippen LogP contribution in [0.25, 0.3) is 0 Å². The highest BCUT2D eigenvalue weighted by Gasteiger charge is 2.10. The molecule has 0 aliphatic heterocycles. The van der Waals surface area contributed by atoms with Crippen LogP contribution in [0.5, 0.6) is 0 Å². The number of hydrogen-bond acceptors (Lipinski definition) is 9. The van der Waals surface area contributed by atoms with Crippen molar-refractivity contribution in [2.45, 2.75) is 25.7 Å². The fourth-order valence-electron chi connectivity index (χ4n) is 1.30. The number of aliphatic carboxylic acids is 1. The number of carboxylic acid groups (broad SMARTS) is 1. The van der Waals surface area contributed by atoms with Crippen LogP contribution in [-0.4, -0.2) is 61.4 Å². The van der Waals surface area contributed by atoms with Crippen LogP contribution in [0.3, 0.4) is 0 Å². The first-order chi connectivity index (χ1) is 11.8. The van der Waals surface area contributed by atoms with Crippen molar-refractivity contribution >= 4 is 29.8 Å². The first-order valence-corrected chi connectivity index (χ1v) is 7.33. The summed E-state index contributed by atoms with van der Waals surface area (Å²) in [4.78, 5) is 54.6. The van der Waals surface area contributed by atoms with Gasteiger partial charge in [-0.25, -0.2) is 4.79 Å². The average Bonchev–Trinajstić information content (AvgIpc) is 2.58. The number of carbonyl (C=O) groups excluding carboxylic acids is 4. The molecule has 0 aliphatic rings. The van der Waals surface area contributed by atoms with Gasteiger partial charge in [0, 0.05) is 6.08 Å². The van der Waals surface area contributed by atoms with Gasteiger partial charge in [-0.1, -0.05) is 6.58 Å². The van der Waals surface area contributed by atoms with Crippen LogP contribution in [-0.2, 0) is 42.9 Å². The Morgan fingerprint density at radius 3 is 1.40 bits per heavy atom. The summed E-state index contributed by atoms with van der Waals surface area (Å²) in [5.41, 5.74) is 0. The summed E-state index contributed by atoms with van der Waals surface area (Å²) in [5, 5.41) is 8.37. The van der Waals surface area contributed by atoms with Crippen LogP contribution in [0.1, 0.15) is 25.7 Å². The maximum atomic E-state index is 11.3. The maximum Gasteiger partial charge on any atom is 0.330 e. The Labute approximate surface area is 143 Å². The topological polar surface area (TPSA) is 142 Å². The Morgan fingerprint density at radius 2 is 1.04 bits per heavy atom. The summed E-state index contributed by atoms with van der Waals surface area (Å²) >= 11 is 0. The molecular formula is C15H20O10. The first kappa shape index (κ1) is 22.1. The predicted octanol–water partition coefficient (Wildman–Crippen LogP) is -0.00980. The molecule has 0 aromatic heterocycles. The third-order valence-electron chi connectivity index (χ3n) is 2.44. The molecule has 0 bridgehead atoms. The third kappa shape index (κ3) is 14.4. The number of rotatable bonds is 13. The van der Waals surface area contributed by atoms with Crippen LogP contribution in [0.2, 0.25) is 0 Å². The monoisotopic (exact) mass is 360 g/mol. The SMILES string of the molecule is C=CC(=O)OCCOC(=O)CCC(=O)OCCOC(=O)CCC(=O)O. The van der Waals surface area contributed by atoms with Gasteiger partial charge in [-0.05, 0) is 0 Å². The van der Waals surface area contributed by atoms with Crippen LogP contribution in [0.15, 0.2) is 12.7 Å². The first-order valence-electron chi connectivity index (χ1n) is 7.33. The second-order valence-electron chi connectivity index (χ2n) is 4.43. The molecule has 0 fully saturated rings. The van der Waals surface area contributed by atoms with Gasteiger partial charge < -0.3 is 24.1 Å². The molecule has 0 saturated carbocycles. The maximum absolute atomic E-state index is 11.3. The standard InChI is InChI=1S/C15H20O10/c1-2-12(18)22-7-8-24-14(20)5-6-15(21)25-10-9-23-13(19)4-3-11(16)17/h2H,1,3-10H2,(H,16,17). The molecule has 0 amide bonds. The molecule has 10 heteroatoms. The van der Waals surface area contributed by atoms with E-state index in [2.05, 4.69) is 16.1 Å². The molecule has 10 nitrogen and oxygen atoms in total. The number of carboxylic acids is 1. The third-order valence-corrected chi connectivity index (χ3v) is 2.44. The van der Waals surface area contributed by atoms with E-state index >= 15 is 0 Å². The van der Waals surface area contributed by atoms with Crippen molar-refractivity contribution in [3.8, 4) is 0 Å². The highest BCUT2D eigenvalue weighted by atomic mass is 16.6. The zero-order chi connectivity index (χ0) is 19.1. The van der Waals surface area contributed by atoms with Crippen molar-refractivity contribution in [2.24, 2.45) is 0 Å². The lowest BCUT2D eigenvalue weighted by molar-refractivity contribution is -0.155. The van der Waals surface area contributed by atoms with Crippen molar-refractivity contribution in [2.75, 3.05) is 26.4 Å². The van der Waals surface area contributed by atoms with Gasteiger partial charge in [-0.2, -0.15) is 0 Å². The second-order valence-corrected chi connectivity index (χ2v) is 4.43. The summed E-state index contributed by atoms with van der Waals surface area (Å²) in [6, 6.07) is 0. The van der Waals surface area contributed by atoms with Gasteiger partial charge in [0.1, 0.15) is 26.4 Å². The molecule has 0 aliphatic carbocycles. The van der Waals surface area contributed by atoms with Gasteiger partial charge >= 0.3 is 29.8 Å². The lowest BCUT2D eigenvalue weighted by Crippen LogP contribution is -2.16. The second kappa shape index (κ2) is 13.5. The smallest absolute Gasteiger partial charge is 0.330 e. The Hall–Kier alpha value is -2.91. The zero-order valence-electron chi connectivity index (χ0n) is 13.6. The minimum atomic E-state index is -1.12. The molecule has 0 aromatic rings. The van der Waals surface area contributed by atoms with E-state index in [-0.39, 0.29) is 52.1 Å². The van der Waals surface area contributed by atoms with Gasteiger partial charge in [0.2, 0.25) is 0 Å². The lowest BCUT2D eigenvalue weighted by atomic mass is 10.3. The molecule has 0 radical (unpaired) electrons. The summed E-state index contributed by atoms with van der Waals surface area (Å²) in [7, 11) is 0. The normalized spacial score (nSPS) is 9.60. The van der Waals surface area contributed by atoms with E-state index in [9.17, 15) is 24.0 Å². The van der Waals surface area contributed by atoms with Gasteiger partial charge in [0.25, 0.3) is 0 Å². The van der Waals surface area contributed by atoms with E-state index in [1.807, 2.05) is 0 Å². The Morgan fingerprint density at radius 1 is 0.680 bits per heavy atom. The number of ether oxygens (including phenoxy) is 4. The van der Waals surface area contributed by atoms with Crippen molar-refractivity contribution in [1.82, 2.24) is 0 Å². The summed E-state index contributed by atoms with van der Waals surface area (Å²) in [5.74, 6) is -3.81. The lowest BCUT2D eigenvalue weighted by Gasteiger charge is -2.07. The number of hydrogen-bond donors (Lipinski definition) is 1. The quantitative estimate of drug-likeness (QED) is 0.206. The van der Waals surface area contributed by atoms with Gasteiger partial charge in [-0.15, -0.1) is 0 Å².